The Labute approximate surface area is 164 Å². The number of H-pyrrole nitrogens is 1. The Hall–Kier alpha value is -3.49. The molecule has 152 valence electrons. The number of anilines is 1. The molecule has 9 heteroatoms. The molecule has 0 aliphatic heterocycles. The highest BCUT2D eigenvalue weighted by molar-refractivity contribution is 5.94. The van der Waals surface area contributed by atoms with Gasteiger partial charge in [-0.25, -0.2) is 4.79 Å². The molecule has 4 N–H and O–H groups in total. The Morgan fingerprint density at radius 3 is 2.41 bits per heavy atom. The summed E-state index contributed by atoms with van der Waals surface area (Å²) in [7, 11) is 1.46. The largest absolute Gasteiger partial charge is 0.416 e. The Bertz CT molecular complexity index is 1010. The van der Waals surface area contributed by atoms with E-state index in [0.29, 0.717) is 0 Å². The molecular weight excluding hydrogens is 385 g/mol. The lowest BCUT2D eigenvalue weighted by Gasteiger charge is -2.18. The highest BCUT2D eigenvalue weighted by Gasteiger charge is 2.30. The quantitative estimate of drug-likeness (QED) is 0.523. The average molecular weight is 404 g/mol. The summed E-state index contributed by atoms with van der Waals surface area (Å²) < 4.78 is 37.9. The summed E-state index contributed by atoms with van der Waals surface area (Å²) in [5, 5.41) is 8.45. The zero-order valence-electron chi connectivity index (χ0n) is 15.4. The summed E-state index contributed by atoms with van der Waals surface area (Å²) in [5.74, 6) is -0.391. The normalized spacial score (nSPS) is 12.4. The van der Waals surface area contributed by atoms with Crippen LogP contribution in [0.5, 0.6) is 0 Å². The van der Waals surface area contributed by atoms with Crippen molar-refractivity contribution in [3.63, 3.8) is 0 Å². The first-order valence-electron chi connectivity index (χ1n) is 8.79. The molecule has 1 atom stereocenters. The van der Waals surface area contributed by atoms with Crippen LogP contribution in [-0.2, 0) is 17.4 Å². The molecule has 1 aromatic heterocycles. The minimum atomic E-state index is -4.45. The summed E-state index contributed by atoms with van der Waals surface area (Å²) in [6.45, 7) is 0. The van der Waals surface area contributed by atoms with Gasteiger partial charge in [-0.15, -0.1) is 0 Å². The number of likely N-dealkylation sites (N-methyl/N-ethyl adjacent to an activating group) is 1. The molecule has 0 fully saturated rings. The molecule has 3 rings (SSSR count). The molecule has 1 heterocycles. The number of fused-ring (bicyclic) bond motifs is 1. The van der Waals surface area contributed by atoms with Crippen LogP contribution in [0.1, 0.15) is 11.1 Å². The maximum atomic E-state index is 12.6. The number of amides is 3. The number of benzene rings is 2. The third kappa shape index (κ3) is 4.87. The number of carbonyl (C=O) groups excluding carboxylic acids is 2. The van der Waals surface area contributed by atoms with Crippen molar-refractivity contribution in [3.05, 3.63) is 65.9 Å². The fraction of sp³-hybridized carbons (Fsp3) is 0.200. The van der Waals surface area contributed by atoms with E-state index in [1.165, 1.54) is 7.05 Å². The standard InChI is InChI=1S/C20H19F3N4O2/c1-24-18(28)17(10-12-11-25-16-5-3-2-4-15(12)16)27-19(29)26-14-8-6-13(7-9-14)20(21,22)23/h2-9,11,17,25H,10H2,1H3,(H,24,28)(H2,26,27,29)/t17-/m0/s1. The number of halogens is 3. The maximum Gasteiger partial charge on any atom is 0.416 e. The van der Waals surface area contributed by atoms with Crippen LogP contribution in [0.3, 0.4) is 0 Å². The molecule has 29 heavy (non-hydrogen) atoms. The molecule has 0 saturated carbocycles. The van der Waals surface area contributed by atoms with Gasteiger partial charge >= 0.3 is 12.2 Å². The highest BCUT2D eigenvalue weighted by atomic mass is 19.4. The zero-order valence-corrected chi connectivity index (χ0v) is 15.4. The lowest BCUT2D eigenvalue weighted by Crippen LogP contribution is -2.48. The van der Waals surface area contributed by atoms with Crippen molar-refractivity contribution in [2.75, 3.05) is 12.4 Å². The zero-order chi connectivity index (χ0) is 21.0. The maximum absolute atomic E-state index is 12.6. The first-order chi connectivity index (χ1) is 13.8. The summed E-state index contributed by atoms with van der Waals surface area (Å²) in [6, 6.07) is 10.0. The second kappa shape index (κ2) is 8.26. The highest BCUT2D eigenvalue weighted by Crippen LogP contribution is 2.29. The van der Waals surface area contributed by atoms with Crippen LogP contribution in [0.25, 0.3) is 10.9 Å². The Morgan fingerprint density at radius 2 is 1.76 bits per heavy atom. The molecule has 0 spiro atoms. The van der Waals surface area contributed by atoms with Gasteiger partial charge in [0.1, 0.15) is 6.04 Å². The van der Waals surface area contributed by atoms with Crippen molar-refractivity contribution in [2.24, 2.45) is 0 Å². The topological polar surface area (TPSA) is 86.0 Å². The first-order valence-corrected chi connectivity index (χ1v) is 8.79. The van der Waals surface area contributed by atoms with Crippen LogP contribution in [0.2, 0.25) is 0 Å². The minimum Gasteiger partial charge on any atom is -0.361 e. The SMILES string of the molecule is CNC(=O)[C@H](Cc1c[nH]c2ccccc12)NC(=O)Nc1ccc(C(F)(F)F)cc1. The predicted molar refractivity (Wildman–Crippen MR) is 103 cm³/mol. The number of aromatic nitrogens is 1. The first kappa shape index (κ1) is 20.2. The van der Waals surface area contributed by atoms with E-state index in [1.54, 1.807) is 6.20 Å². The van der Waals surface area contributed by atoms with Crippen molar-refractivity contribution in [3.8, 4) is 0 Å². The van der Waals surface area contributed by atoms with E-state index in [4.69, 9.17) is 0 Å². The minimum absolute atomic E-state index is 0.179. The monoisotopic (exact) mass is 404 g/mol. The molecule has 6 nitrogen and oxygen atoms in total. The number of carbonyl (C=O) groups is 2. The number of urea groups is 1. The van der Waals surface area contributed by atoms with E-state index in [0.717, 1.165) is 40.7 Å². The van der Waals surface area contributed by atoms with Gasteiger partial charge in [0, 0.05) is 36.3 Å². The lowest BCUT2D eigenvalue weighted by molar-refractivity contribution is -0.137. The molecule has 0 aliphatic carbocycles. The number of para-hydroxylation sites is 1. The van der Waals surface area contributed by atoms with E-state index in [2.05, 4.69) is 20.9 Å². The molecule has 0 radical (unpaired) electrons. The average Bonchev–Trinajstić information content (AvgIpc) is 3.09. The van der Waals surface area contributed by atoms with Gasteiger partial charge in [-0.2, -0.15) is 13.2 Å². The second-order valence-electron chi connectivity index (χ2n) is 6.40. The molecule has 0 aliphatic rings. The Morgan fingerprint density at radius 1 is 1.07 bits per heavy atom. The molecular formula is C20H19F3N4O2. The van der Waals surface area contributed by atoms with Crippen molar-refractivity contribution in [2.45, 2.75) is 18.6 Å². The third-order valence-corrected chi connectivity index (χ3v) is 4.44. The molecule has 0 bridgehead atoms. The van der Waals surface area contributed by atoms with E-state index >= 15 is 0 Å². The molecule has 3 amide bonds. The van der Waals surface area contributed by atoms with Crippen LogP contribution in [0, 0.1) is 0 Å². The van der Waals surface area contributed by atoms with Gasteiger partial charge in [0.15, 0.2) is 0 Å². The fourth-order valence-corrected chi connectivity index (χ4v) is 2.97. The van der Waals surface area contributed by atoms with Crippen LogP contribution >= 0.6 is 0 Å². The van der Waals surface area contributed by atoms with Crippen molar-refractivity contribution >= 4 is 28.5 Å². The third-order valence-electron chi connectivity index (χ3n) is 4.44. The number of hydrogen-bond donors (Lipinski definition) is 4. The Balaban J connectivity index is 1.70. The van der Waals surface area contributed by atoms with E-state index in [9.17, 15) is 22.8 Å². The van der Waals surface area contributed by atoms with E-state index in [-0.39, 0.29) is 12.1 Å². The summed E-state index contributed by atoms with van der Waals surface area (Å²) in [5.41, 5.74) is 1.13. The Kier molecular flexibility index (Phi) is 5.76. The number of nitrogens with one attached hydrogen (secondary N) is 4. The van der Waals surface area contributed by atoms with Gasteiger partial charge in [-0.3, -0.25) is 4.79 Å². The summed E-state index contributed by atoms with van der Waals surface area (Å²) in [4.78, 5) is 27.6. The van der Waals surface area contributed by atoms with Gasteiger partial charge < -0.3 is 20.9 Å². The van der Waals surface area contributed by atoms with Gasteiger partial charge in [0.2, 0.25) is 5.91 Å². The van der Waals surface area contributed by atoms with Gasteiger partial charge in [0.25, 0.3) is 0 Å². The van der Waals surface area contributed by atoms with Crippen molar-refractivity contribution in [1.29, 1.82) is 0 Å². The van der Waals surface area contributed by atoms with E-state index < -0.39 is 29.7 Å². The van der Waals surface area contributed by atoms with Crippen molar-refractivity contribution in [1.82, 2.24) is 15.6 Å². The van der Waals surface area contributed by atoms with Crippen LogP contribution in [-0.4, -0.2) is 30.0 Å². The second-order valence-corrected chi connectivity index (χ2v) is 6.40. The fourth-order valence-electron chi connectivity index (χ4n) is 2.97. The van der Waals surface area contributed by atoms with Crippen molar-refractivity contribution < 1.29 is 22.8 Å². The van der Waals surface area contributed by atoms with Gasteiger partial charge in [-0.1, -0.05) is 18.2 Å². The van der Waals surface area contributed by atoms with Crippen LogP contribution < -0.4 is 16.0 Å². The summed E-state index contributed by atoms with van der Waals surface area (Å²) >= 11 is 0. The lowest BCUT2D eigenvalue weighted by atomic mass is 10.0. The number of rotatable bonds is 5. The predicted octanol–water partition coefficient (Wildman–Crippen LogP) is 3.67. The smallest absolute Gasteiger partial charge is 0.361 e. The van der Waals surface area contributed by atoms with Gasteiger partial charge in [0.05, 0.1) is 5.56 Å². The number of aromatic amines is 1. The molecule has 0 saturated heterocycles. The molecule has 2 aromatic carbocycles. The molecule has 0 unspecified atom stereocenters. The van der Waals surface area contributed by atoms with Crippen LogP contribution in [0.15, 0.2) is 54.7 Å². The van der Waals surface area contributed by atoms with E-state index in [1.807, 2.05) is 24.3 Å². The number of hydrogen-bond acceptors (Lipinski definition) is 2. The number of alkyl halides is 3. The van der Waals surface area contributed by atoms with Crippen LogP contribution in [0.4, 0.5) is 23.7 Å². The summed E-state index contributed by atoms with van der Waals surface area (Å²) in [6.07, 6.45) is -2.44. The molecule has 3 aromatic rings. The van der Waals surface area contributed by atoms with Gasteiger partial charge in [-0.05, 0) is 35.9 Å².